The van der Waals surface area contributed by atoms with E-state index in [2.05, 4.69) is 32.7 Å². The normalized spacial score (nSPS) is 29.3. The van der Waals surface area contributed by atoms with E-state index in [1.165, 1.54) is 19.2 Å². The van der Waals surface area contributed by atoms with Gasteiger partial charge in [0.05, 0.1) is 12.3 Å². The van der Waals surface area contributed by atoms with Crippen LogP contribution in [0.25, 0.3) is 0 Å². The van der Waals surface area contributed by atoms with Crippen LogP contribution >= 0.6 is 0 Å². The number of carbonyl (C=O) groups excluding carboxylic acids is 1. The molecule has 0 amide bonds. The van der Waals surface area contributed by atoms with Gasteiger partial charge in [0.15, 0.2) is 6.23 Å². The van der Waals surface area contributed by atoms with Crippen molar-refractivity contribution >= 4 is 22.9 Å². The van der Waals surface area contributed by atoms with Crippen LogP contribution in [0.3, 0.4) is 0 Å². The molecule has 0 aromatic carbocycles. The fraction of sp³-hybridized carbons (Fsp3) is 0.760. The van der Waals surface area contributed by atoms with Crippen molar-refractivity contribution in [2.75, 3.05) is 6.61 Å². The molecule has 2 aliphatic heterocycles. The third kappa shape index (κ3) is 5.15. The SMILES string of the molecule is CC(=O)Cc1ccn([C@@H]2O[C@@H]3CO[Si](C(C)C)(C(C)C)O[Si](C(C)C)(C(C)C)O[C@H]3C2(O)C#N)c(=O)n1. The lowest BCUT2D eigenvalue weighted by atomic mass is 9.96. The molecule has 206 valence electrons. The molecular weight excluding hydrogens is 510 g/mol. The molecule has 1 aromatic rings. The van der Waals surface area contributed by atoms with Crippen LogP contribution in [-0.4, -0.2) is 62.0 Å². The van der Waals surface area contributed by atoms with Gasteiger partial charge in [-0.3, -0.25) is 9.36 Å². The van der Waals surface area contributed by atoms with Gasteiger partial charge in [-0.25, -0.2) is 4.79 Å². The zero-order valence-electron chi connectivity index (χ0n) is 23.3. The van der Waals surface area contributed by atoms with Gasteiger partial charge in [0.25, 0.3) is 0 Å². The van der Waals surface area contributed by atoms with Gasteiger partial charge in [0, 0.05) is 12.6 Å². The van der Waals surface area contributed by atoms with Gasteiger partial charge >= 0.3 is 22.8 Å². The molecule has 1 aromatic heterocycles. The summed E-state index contributed by atoms with van der Waals surface area (Å²) in [6.45, 7) is 18.0. The Morgan fingerprint density at radius 2 is 1.73 bits per heavy atom. The Kier molecular flexibility index (Phi) is 8.71. The number of ketones is 1. The molecule has 3 rings (SSSR count). The van der Waals surface area contributed by atoms with Crippen molar-refractivity contribution in [1.82, 2.24) is 9.55 Å². The van der Waals surface area contributed by atoms with Crippen molar-refractivity contribution < 1.29 is 27.6 Å². The number of nitriles is 1. The van der Waals surface area contributed by atoms with Crippen LogP contribution in [0.1, 0.15) is 74.2 Å². The Morgan fingerprint density at radius 1 is 1.16 bits per heavy atom. The fourth-order valence-electron chi connectivity index (χ4n) is 5.56. The van der Waals surface area contributed by atoms with Gasteiger partial charge < -0.3 is 22.8 Å². The first-order chi connectivity index (χ1) is 17.1. The molecule has 2 aliphatic rings. The van der Waals surface area contributed by atoms with E-state index in [9.17, 15) is 20.0 Å². The Labute approximate surface area is 221 Å². The zero-order valence-corrected chi connectivity index (χ0v) is 25.3. The molecule has 0 spiro atoms. The second kappa shape index (κ2) is 10.8. The van der Waals surface area contributed by atoms with E-state index in [-0.39, 0.29) is 41.0 Å². The van der Waals surface area contributed by atoms with Crippen molar-refractivity contribution in [2.24, 2.45) is 0 Å². The standard InChI is InChI=1S/C25H41N3O7Si2/c1-15(2)36(16(3)4)32-13-21-22(34-37(35-36,17(5)6)18(7)8)25(31,14-26)23(33-21)28-11-10-20(12-19(9)29)27-24(28)30/h10-11,15-18,21-23,31H,12-13H2,1-9H3/t21-,22-,23-,25?/m1/s1. The van der Waals surface area contributed by atoms with E-state index in [4.69, 9.17) is 17.7 Å². The lowest BCUT2D eigenvalue weighted by Gasteiger charge is -2.51. The van der Waals surface area contributed by atoms with Crippen molar-refractivity contribution in [3.8, 4) is 6.07 Å². The molecule has 1 unspecified atom stereocenters. The van der Waals surface area contributed by atoms with Crippen LogP contribution in [0.5, 0.6) is 0 Å². The summed E-state index contributed by atoms with van der Waals surface area (Å²) < 4.78 is 27.9. The topological polar surface area (TPSA) is 133 Å². The van der Waals surface area contributed by atoms with Gasteiger partial charge in [-0.15, -0.1) is 0 Å². The van der Waals surface area contributed by atoms with Crippen molar-refractivity contribution in [3.63, 3.8) is 0 Å². The molecule has 12 heteroatoms. The molecule has 10 nitrogen and oxygen atoms in total. The molecule has 4 atom stereocenters. The van der Waals surface area contributed by atoms with Crippen LogP contribution < -0.4 is 5.69 Å². The van der Waals surface area contributed by atoms with Crippen molar-refractivity contribution in [1.29, 1.82) is 5.26 Å². The molecule has 0 radical (unpaired) electrons. The van der Waals surface area contributed by atoms with Crippen LogP contribution in [0.4, 0.5) is 0 Å². The molecule has 2 saturated heterocycles. The number of rotatable bonds is 7. The number of hydrogen-bond donors (Lipinski definition) is 1. The Morgan fingerprint density at radius 3 is 2.19 bits per heavy atom. The van der Waals surface area contributed by atoms with Crippen LogP contribution in [0, 0.1) is 11.3 Å². The summed E-state index contributed by atoms with van der Waals surface area (Å²) in [5.74, 6) is -0.133. The minimum absolute atomic E-state index is 0.0116. The molecule has 0 bridgehead atoms. The summed E-state index contributed by atoms with van der Waals surface area (Å²) in [6.07, 6.45) is -1.88. The third-order valence-electron chi connectivity index (χ3n) is 7.52. The molecule has 0 saturated carbocycles. The highest BCUT2D eigenvalue weighted by Gasteiger charge is 2.66. The average molecular weight is 552 g/mol. The summed E-state index contributed by atoms with van der Waals surface area (Å²) in [4.78, 5) is 28.4. The van der Waals surface area contributed by atoms with Crippen molar-refractivity contribution in [2.45, 2.75) is 115 Å². The van der Waals surface area contributed by atoms with E-state index >= 15 is 0 Å². The van der Waals surface area contributed by atoms with Crippen LogP contribution in [0.2, 0.25) is 22.2 Å². The summed E-state index contributed by atoms with van der Waals surface area (Å²) in [5, 5.41) is 22.0. The summed E-state index contributed by atoms with van der Waals surface area (Å²) in [5.41, 5.74) is -2.43. The quantitative estimate of drug-likeness (QED) is 0.399. The molecule has 0 aliphatic carbocycles. The molecule has 2 fully saturated rings. The van der Waals surface area contributed by atoms with E-state index in [1.807, 2.05) is 33.8 Å². The van der Waals surface area contributed by atoms with Gasteiger partial charge in [-0.1, -0.05) is 55.4 Å². The highest BCUT2D eigenvalue weighted by molar-refractivity contribution is 6.84. The number of ether oxygens (including phenoxy) is 1. The number of aliphatic hydroxyl groups is 1. The monoisotopic (exact) mass is 551 g/mol. The maximum Gasteiger partial charge on any atom is 0.350 e. The Hall–Kier alpha value is -1.73. The Bertz CT molecular complexity index is 1080. The van der Waals surface area contributed by atoms with Crippen LogP contribution in [0.15, 0.2) is 17.1 Å². The molecule has 1 N–H and O–H groups in total. The first-order valence-electron chi connectivity index (χ1n) is 13.0. The van der Waals surface area contributed by atoms with E-state index in [0.29, 0.717) is 5.69 Å². The van der Waals surface area contributed by atoms with Gasteiger partial charge in [-0.2, -0.15) is 10.2 Å². The summed E-state index contributed by atoms with van der Waals surface area (Å²) >= 11 is 0. The first kappa shape index (κ1) is 29.8. The van der Waals surface area contributed by atoms with Gasteiger partial charge in [-0.05, 0) is 35.2 Å². The Balaban J connectivity index is 2.14. The highest BCUT2D eigenvalue weighted by Crippen LogP contribution is 2.50. The maximum absolute atomic E-state index is 12.9. The minimum Gasteiger partial charge on any atom is -0.414 e. The predicted octanol–water partition coefficient (Wildman–Crippen LogP) is 3.48. The molecular formula is C25H41N3O7Si2. The number of hydrogen-bond acceptors (Lipinski definition) is 9. The van der Waals surface area contributed by atoms with Crippen molar-refractivity contribution in [3.05, 3.63) is 28.4 Å². The van der Waals surface area contributed by atoms with E-state index < -0.39 is 46.8 Å². The number of fused-ring (bicyclic) bond motifs is 1. The third-order valence-corrected chi connectivity index (χ3v) is 17.8. The lowest BCUT2D eigenvalue weighted by Crippen LogP contribution is -2.67. The first-order valence-corrected chi connectivity index (χ1v) is 17.0. The number of Topliss-reactive ketones (excluding diaryl/α,β-unsaturated/α-hetero) is 1. The van der Waals surface area contributed by atoms with E-state index in [1.54, 1.807) is 0 Å². The largest absolute Gasteiger partial charge is 0.414 e. The summed E-state index contributed by atoms with van der Waals surface area (Å²) in [7, 11) is -5.99. The highest BCUT2D eigenvalue weighted by atomic mass is 28.5. The molecule has 3 heterocycles. The number of aromatic nitrogens is 2. The predicted molar refractivity (Wildman–Crippen MR) is 141 cm³/mol. The second-order valence-electron chi connectivity index (χ2n) is 11.5. The minimum atomic E-state index is -3.14. The number of nitrogens with zero attached hydrogens (tertiary/aromatic N) is 3. The second-order valence-corrected chi connectivity index (χ2v) is 20.3. The van der Waals surface area contributed by atoms with Crippen LogP contribution in [-0.2, 0) is 28.9 Å². The zero-order chi connectivity index (χ0) is 27.9. The fourth-order valence-corrected chi connectivity index (χ4v) is 16.8. The smallest absolute Gasteiger partial charge is 0.350 e. The maximum atomic E-state index is 12.9. The summed E-state index contributed by atoms with van der Waals surface area (Å²) in [6, 6.07) is 3.49. The van der Waals surface area contributed by atoms with E-state index in [0.717, 1.165) is 4.57 Å². The van der Waals surface area contributed by atoms with Gasteiger partial charge in [0.2, 0.25) is 5.60 Å². The lowest BCUT2D eigenvalue weighted by molar-refractivity contribution is -0.116. The van der Waals surface area contributed by atoms with Gasteiger partial charge in [0.1, 0.15) is 24.1 Å². The molecule has 37 heavy (non-hydrogen) atoms. The number of carbonyl (C=O) groups is 1. The average Bonchev–Trinajstić information content (AvgIpc) is 3.04.